The van der Waals surface area contributed by atoms with Crippen LogP contribution >= 0.6 is 7.82 Å². The lowest BCUT2D eigenvalue weighted by Gasteiger charge is -2.16. The van der Waals surface area contributed by atoms with Gasteiger partial charge in [0.25, 0.3) is 0 Å². The Kier molecular flexibility index (Phi) is 9.15. The molecule has 206 valence electrons. The summed E-state index contributed by atoms with van der Waals surface area (Å²) in [5.41, 5.74) is 4.70. The summed E-state index contributed by atoms with van der Waals surface area (Å²) in [6.45, 7) is 7.08. The van der Waals surface area contributed by atoms with Gasteiger partial charge < -0.3 is 14.6 Å². The number of carbonyl (C=O) groups is 1. The van der Waals surface area contributed by atoms with Crippen molar-refractivity contribution in [1.82, 2.24) is 9.55 Å². The van der Waals surface area contributed by atoms with E-state index in [1.807, 2.05) is 30.5 Å². The number of carbonyl (C=O) groups excluding carboxylic acids is 1. The summed E-state index contributed by atoms with van der Waals surface area (Å²) in [6.07, 6.45) is 4.70. The molecule has 40 heavy (non-hydrogen) atoms. The molecule has 0 radical (unpaired) electrons. The predicted molar refractivity (Wildman–Crippen MR) is 153 cm³/mol. The quantitative estimate of drug-likeness (QED) is 0.153. The van der Waals surface area contributed by atoms with E-state index < -0.39 is 7.82 Å². The van der Waals surface area contributed by atoms with Crippen LogP contribution in [0.15, 0.2) is 73.6 Å². The molecule has 2 aromatic carbocycles. The zero-order chi connectivity index (χ0) is 28.7. The molecule has 0 unspecified atom stereocenters. The Morgan fingerprint density at radius 1 is 1.10 bits per heavy atom. The van der Waals surface area contributed by atoms with Gasteiger partial charge in [0.2, 0.25) is 5.91 Å². The molecule has 0 saturated heterocycles. The van der Waals surface area contributed by atoms with Gasteiger partial charge in [0, 0.05) is 40.7 Å². The van der Waals surface area contributed by atoms with E-state index in [0.29, 0.717) is 22.6 Å². The summed E-state index contributed by atoms with van der Waals surface area (Å²) < 4.78 is 36.2. The minimum atomic E-state index is -3.77. The highest BCUT2D eigenvalue weighted by atomic mass is 31.2. The first-order chi connectivity index (χ1) is 19.3. The first kappa shape index (κ1) is 28.7. The van der Waals surface area contributed by atoms with Crippen LogP contribution < -0.4 is 10.1 Å². The van der Waals surface area contributed by atoms with Crippen LogP contribution in [0.25, 0.3) is 33.3 Å². The third kappa shape index (κ3) is 6.47. The average Bonchev–Trinajstić information content (AvgIpc) is 3.34. The second kappa shape index (κ2) is 12.7. The topological polar surface area (TPSA) is 125 Å². The number of phosphoric ester groups is 1. The Morgan fingerprint density at radius 2 is 1.88 bits per heavy atom. The van der Waals surface area contributed by atoms with Crippen molar-refractivity contribution >= 4 is 30.5 Å². The average molecular weight is 561 g/mol. The van der Waals surface area contributed by atoms with Crippen LogP contribution in [-0.4, -0.2) is 35.8 Å². The summed E-state index contributed by atoms with van der Waals surface area (Å²) in [5, 5.41) is 13.0. The summed E-state index contributed by atoms with van der Waals surface area (Å²) in [7, 11) is -2.23. The maximum atomic E-state index is 12.9. The molecule has 0 aliphatic heterocycles. The largest absolute Gasteiger partial charge is 0.497 e. The highest BCUT2D eigenvalue weighted by Crippen LogP contribution is 2.49. The highest BCUT2D eigenvalue weighted by molar-refractivity contribution is 7.48. The molecular weight excluding hydrogens is 531 g/mol. The van der Waals surface area contributed by atoms with Crippen LogP contribution in [0.4, 0.5) is 5.69 Å². The zero-order valence-electron chi connectivity index (χ0n) is 22.4. The lowest BCUT2D eigenvalue weighted by atomic mass is 10.0. The van der Waals surface area contributed by atoms with Crippen molar-refractivity contribution in [2.45, 2.75) is 20.6 Å². The molecule has 4 rings (SSSR count). The molecule has 0 aliphatic rings. The number of amides is 1. The van der Waals surface area contributed by atoms with E-state index in [9.17, 15) is 14.6 Å². The van der Waals surface area contributed by atoms with E-state index >= 15 is 0 Å². The number of hydrogen-bond donors (Lipinski definition) is 1. The van der Waals surface area contributed by atoms with Gasteiger partial charge in [-0.05, 0) is 61.4 Å². The number of benzene rings is 2. The molecule has 2 heterocycles. The lowest BCUT2D eigenvalue weighted by molar-refractivity contribution is -0.111. The van der Waals surface area contributed by atoms with Crippen LogP contribution in [0, 0.1) is 11.3 Å². The Bertz CT molecular complexity index is 1630. The van der Waals surface area contributed by atoms with Crippen molar-refractivity contribution in [1.29, 1.82) is 5.26 Å². The van der Waals surface area contributed by atoms with Crippen LogP contribution in [0.5, 0.6) is 5.75 Å². The molecule has 0 spiro atoms. The number of methoxy groups -OCH3 is 1. The predicted octanol–water partition coefficient (Wildman–Crippen LogP) is 6.53. The van der Waals surface area contributed by atoms with Gasteiger partial charge in [-0.2, -0.15) is 5.26 Å². The molecule has 4 aromatic rings. The third-order valence-electron chi connectivity index (χ3n) is 5.87. The van der Waals surface area contributed by atoms with E-state index in [2.05, 4.69) is 18.0 Å². The summed E-state index contributed by atoms with van der Waals surface area (Å²) in [4.78, 5) is 16.6. The lowest BCUT2D eigenvalue weighted by Crippen LogP contribution is -2.07. The van der Waals surface area contributed by atoms with Crippen LogP contribution in [0.1, 0.15) is 19.4 Å². The minimum Gasteiger partial charge on any atom is -0.497 e. The van der Waals surface area contributed by atoms with Gasteiger partial charge in [-0.1, -0.05) is 18.7 Å². The van der Waals surface area contributed by atoms with Crippen molar-refractivity contribution in [2.24, 2.45) is 0 Å². The van der Waals surface area contributed by atoms with Crippen molar-refractivity contribution in [3.63, 3.8) is 0 Å². The fourth-order valence-corrected chi connectivity index (χ4v) is 5.25. The van der Waals surface area contributed by atoms with E-state index in [0.717, 1.165) is 27.6 Å². The molecule has 11 heteroatoms. The molecule has 0 saturated carbocycles. The van der Waals surface area contributed by atoms with Crippen LogP contribution in [0.2, 0.25) is 0 Å². The van der Waals surface area contributed by atoms with Crippen molar-refractivity contribution in [3.05, 3.63) is 79.1 Å². The molecule has 10 nitrogen and oxygen atoms in total. The minimum absolute atomic E-state index is 0.144. The number of fused-ring (bicyclic) bond motifs is 1. The third-order valence-corrected chi connectivity index (χ3v) is 7.45. The number of aromatic nitrogens is 2. The second-order valence-corrected chi connectivity index (χ2v) is 10.2. The number of pyridine rings is 1. The number of nitrogens with zero attached hydrogens (tertiary/aromatic N) is 3. The molecule has 0 fully saturated rings. The standard InChI is InChI=1S/C29H29N4O6P/c1-5-28(34)32-24-12-22(13-25(15-24)36-4)23-14-26-27(21-10-8-9-20(11-21)16-30)18-33(29(26)31-17-23)19-39-40(35,37-6-2)38-7-3/h5,8-15,17-18H,1,6-7,19H2,2-4H3,(H,32,34). The monoisotopic (exact) mass is 560 g/mol. The van der Waals surface area contributed by atoms with Gasteiger partial charge >= 0.3 is 7.82 Å². The summed E-state index contributed by atoms with van der Waals surface area (Å²) in [5.74, 6) is 0.202. The van der Waals surface area contributed by atoms with E-state index in [-0.39, 0.29) is 25.9 Å². The van der Waals surface area contributed by atoms with Gasteiger partial charge in [-0.25, -0.2) is 9.55 Å². The molecule has 0 bridgehead atoms. The number of anilines is 1. The molecule has 0 aliphatic carbocycles. The summed E-state index contributed by atoms with van der Waals surface area (Å²) >= 11 is 0. The Labute approximate surface area is 232 Å². The highest BCUT2D eigenvalue weighted by Gasteiger charge is 2.26. The van der Waals surface area contributed by atoms with Crippen LogP contribution in [-0.2, 0) is 29.7 Å². The summed E-state index contributed by atoms with van der Waals surface area (Å²) in [6, 6.07) is 16.7. The van der Waals surface area contributed by atoms with Gasteiger partial charge in [-0.3, -0.25) is 18.4 Å². The Balaban J connectivity index is 1.84. The normalized spacial score (nSPS) is 11.2. The smallest absolute Gasteiger partial charge is 0.476 e. The first-order valence-corrected chi connectivity index (χ1v) is 13.9. The number of rotatable bonds is 12. The molecular formula is C29H29N4O6P. The number of ether oxygens (including phenoxy) is 1. The van der Waals surface area contributed by atoms with E-state index in [1.54, 1.807) is 56.0 Å². The fraction of sp³-hybridized carbons (Fsp3) is 0.207. The number of nitrogens with one attached hydrogen (secondary N) is 1. The second-order valence-electron chi connectivity index (χ2n) is 8.48. The maximum Gasteiger partial charge on any atom is 0.476 e. The zero-order valence-corrected chi connectivity index (χ0v) is 23.3. The molecule has 1 N–H and O–H groups in total. The maximum absolute atomic E-state index is 12.9. The van der Waals surface area contributed by atoms with Crippen LogP contribution in [0.3, 0.4) is 0 Å². The first-order valence-electron chi connectivity index (χ1n) is 12.5. The van der Waals surface area contributed by atoms with Crippen molar-refractivity contribution in [2.75, 3.05) is 25.6 Å². The van der Waals surface area contributed by atoms with E-state index in [1.165, 1.54) is 6.08 Å². The molecule has 2 aromatic heterocycles. The van der Waals surface area contributed by atoms with Gasteiger partial charge in [0.15, 0.2) is 0 Å². The number of hydrogen-bond acceptors (Lipinski definition) is 8. The van der Waals surface area contributed by atoms with Gasteiger partial charge in [0.1, 0.15) is 18.1 Å². The Morgan fingerprint density at radius 3 is 2.55 bits per heavy atom. The molecule has 1 amide bonds. The van der Waals surface area contributed by atoms with Crippen molar-refractivity contribution < 1.29 is 27.7 Å². The number of nitriles is 1. The SMILES string of the molecule is C=CC(=O)Nc1cc(OC)cc(-c2cnc3c(c2)c(-c2cccc(C#N)c2)cn3COP(=O)(OCC)OCC)c1. The fourth-order valence-electron chi connectivity index (χ4n) is 4.12. The van der Waals surface area contributed by atoms with Crippen molar-refractivity contribution in [3.8, 4) is 34.1 Å². The van der Waals surface area contributed by atoms with Gasteiger partial charge in [-0.15, -0.1) is 0 Å². The van der Waals surface area contributed by atoms with E-state index in [4.69, 9.17) is 23.3 Å². The molecule has 0 atom stereocenters. The van der Waals surface area contributed by atoms with Gasteiger partial charge in [0.05, 0.1) is 32.0 Å². The number of phosphoric acid groups is 1. The Hall–Kier alpha value is -4.26.